The highest BCUT2D eigenvalue weighted by atomic mass is 35.5. The molecule has 1 saturated heterocycles. The molecule has 0 saturated carbocycles. The van der Waals surface area contributed by atoms with E-state index in [0.29, 0.717) is 17.6 Å². The van der Waals surface area contributed by atoms with E-state index >= 15 is 0 Å². The number of halogens is 3. The van der Waals surface area contributed by atoms with Crippen LogP contribution >= 0.6 is 34.7 Å². The maximum atomic E-state index is 14.7. The van der Waals surface area contributed by atoms with Crippen LogP contribution in [0.1, 0.15) is 17.4 Å². The van der Waals surface area contributed by atoms with Gasteiger partial charge in [-0.2, -0.15) is 5.10 Å². The first kappa shape index (κ1) is 24.3. The second-order valence-corrected chi connectivity index (χ2v) is 11.0. The van der Waals surface area contributed by atoms with Gasteiger partial charge in [0.05, 0.1) is 29.3 Å². The van der Waals surface area contributed by atoms with Crippen molar-refractivity contribution in [2.75, 3.05) is 13.2 Å². The van der Waals surface area contributed by atoms with Crippen LogP contribution in [0.5, 0.6) is 0 Å². The molecule has 0 aliphatic carbocycles. The summed E-state index contributed by atoms with van der Waals surface area (Å²) >= 11 is 8.82. The van der Waals surface area contributed by atoms with Gasteiger partial charge in [0, 0.05) is 21.8 Å². The molecule has 1 aliphatic rings. The van der Waals surface area contributed by atoms with Crippen LogP contribution in [-0.4, -0.2) is 49.9 Å². The fraction of sp³-hybridized carbons (Fsp3) is 0.364. The zero-order valence-electron chi connectivity index (χ0n) is 17.6. The number of aromatic nitrogens is 3. The number of benzene rings is 1. The SMILES string of the molecule is C[C@@H](SC1COC(/C=C/c2ccc(Cl)s2)OC1)C(O)(Cn1cncn1)c1ccc(F)cc1F. The molecule has 1 fully saturated rings. The van der Waals surface area contributed by atoms with Crippen molar-refractivity contribution >= 4 is 40.8 Å². The first-order valence-corrected chi connectivity index (χ1v) is 12.3. The average molecular weight is 514 g/mol. The molecule has 4 rings (SSSR count). The lowest BCUT2D eigenvalue weighted by Gasteiger charge is -2.37. The third-order valence-electron chi connectivity index (χ3n) is 5.24. The topological polar surface area (TPSA) is 69.4 Å². The summed E-state index contributed by atoms with van der Waals surface area (Å²) in [4.78, 5) is 4.88. The van der Waals surface area contributed by atoms with E-state index in [-0.39, 0.29) is 17.4 Å². The predicted octanol–water partition coefficient (Wildman–Crippen LogP) is 4.74. The van der Waals surface area contributed by atoms with Gasteiger partial charge in [0.15, 0.2) is 6.29 Å². The van der Waals surface area contributed by atoms with E-state index in [2.05, 4.69) is 10.1 Å². The maximum absolute atomic E-state index is 14.7. The van der Waals surface area contributed by atoms with Gasteiger partial charge in [-0.15, -0.1) is 23.1 Å². The fourth-order valence-corrected chi connectivity index (χ4v) is 5.81. The van der Waals surface area contributed by atoms with Gasteiger partial charge < -0.3 is 14.6 Å². The van der Waals surface area contributed by atoms with Crippen molar-refractivity contribution in [3.63, 3.8) is 0 Å². The minimum absolute atomic E-state index is 0.00698. The van der Waals surface area contributed by atoms with Gasteiger partial charge in [0.2, 0.25) is 0 Å². The molecule has 1 aliphatic heterocycles. The molecule has 176 valence electrons. The summed E-state index contributed by atoms with van der Waals surface area (Å²) in [7, 11) is 0. The quantitative estimate of drug-likeness (QED) is 0.469. The normalized spacial score (nSPS) is 21.8. The highest BCUT2D eigenvalue weighted by Crippen LogP contribution is 2.38. The van der Waals surface area contributed by atoms with Gasteiger partial charge in [0.1, 0.15) is 29.9 Å². The molecule has 0 amide bonds. The first-order chi connectivity index (χ1) is 15.8. The van der Waals surface area contributed by atoms with Gasteiger partial charge >= 0.3 is 0 Å². The lowest BCUT2D eigenvalue weighted by atomic mass is 9.90. The van der Waals surface area contributed by atoms with Crippen molar-refractivity contribution in [1.82, 2.24) is 14.8 Å². The zero-order chi connectivity index (χ0) is 23.4. The van der Waals surface area contributed by atoms with E-state index in [0.717, 1.165) is 17.0 Å². The van der Waals surface area contributed by atoms with Crippen molar-refractivity contribution < 1.29 is 23.4 Å². The molecule has 1 unspecified atom stereocenters. The van der Waals surface area contributed by atoms with Crippen LogP contribution in [0, 0.1) is 11.6 Å². The number of hydrogen-bond acceptors (Lipinski definition) is 7. The minimum atomic E-state index is -1.68. The summed E-state index contributed by atoms with van der Waals surface area (Å²) in [6, 6.07) is 6.91. The molecule has 11 heteroatoms. The summed E-state index contributed by atoms with van der Waals surface area (Å²) in [5, 5.41) is 15.1. The molecular formula is C22H22ClF2N3O3S2. The largest absolute Gasteiger partial charge is 0.382 e. The lowest BCUT2D eigenvalue weighted by molar-refractivity contribution is -0.146. The first-order valence-electron chi connectivity index (χ1n) is 10.2. The molecule has 0 spiro atoms. The average Bonchev–Trinajstić information content (AvgIpc) is 3.44. The number of rotatable bonds is 8. The van der Waals surface area contributed by atoms with Crippen molar-refractivity contribution in [3.05, 3.63) is 75.5 Å². The Morgan fingerprint density at radius 1 is 1.33 bits per heavy atom. The molecule has 33 heavy (non-hydrogen) atoms. The second-order valence-electron chi connectivity index (χ2n) is 7.58. The van der Waals surface area contributed by atoms with Crippen molar-refractivity contribution in [2.24, 2.45) is 0 Å². The predicted molar refractivity (Wildman–Crippen MR) is 125 cm³/mol. The van der Waals surface area contributed by atoms with Gasteiger partial charge in [0.25, 0.3) is 0 Å². The maximum Gasteiger partial charge on any atom is 0.177 e. The standard InChI is InChI=1S/C22H22ClF2N3O3S2/c1-14(32-17-9-30-21(31-10-17)7-4-16-3-6-20(23)33-16)22(29,11-28-13-26-12-27-28)18-5-2-15(24)8-19(18)25/h2-8,12-14,17,21,29H,9-11H2,1H3/b7-4+/t14-,17?,21?,22?/m1/s1. The summed E-state index contributed by atoms with van der Waals surface area (Å²) in [6.07, 6.45) is 6.00. The molecule has 3 aromatic rings. The Bertz CT molecular complexity index is 1090. The summed E-state index contributed by atoms with van der Waals surface area (Å²) in [6.45, 7) is 2.52. The summed E-state index contributed by atoms with van der Waals surface area (Å²) < 4.78 is 41.9. The van der Waals surface area contributed by atoms with E-state index in [1.807, 2.05) is 24.3 Å². The van der Waals surface area contributed by atoms with Crippen LogP contribution in [0.2, 0.25) is 4.34 Å². The fourth-order valence-electron chi connectivity index (χ4n) is 3.52. The minimum Gasteiger partial charge on any atom is -0.382 e. The number of hydrogen-bond donors (Lipinski definition) is 1. The van der Waals surface area contributed by atoms with Gasteiger partial charge in [-0.1, -0.05) is 24.6 Å². The molecule has 3 heterocycles. The third-order valence-corrected chi connectivity index (χ3v) is 7.89. The third kappa shape index (κ3) is 6.00. The molecule has 1 aromatic carbocycles. The van der Waals surface area contributed by atoms with E-state index in [4.69, 9.17) is 21.1 Å². The van der Waals surface area contributed by atoms with Gasteiger partial charge in [-0.25, -0.2) is 18.4 Å². The Morgan fingerprint density at radius 2 is 2.12 bits per heavy atom. The van der Waals surface area contributed by atoms with E-state index in [1.54, 1.807) is 6.92 Å². The van der Waals surface area contributed by atoms with Crippen LogP contribution in [0.25, 0.3) is 6.08 Å². The molecular weight excluding hydrogens is 492 g/mol. The Balaban J connectivity index is 1.43. The molecule has 0 bridgehead atoms. The summed E-state index contributed by atoms with van der Waals surface area (Å²) in [5.41, 5.74) is -1.68. The highest BCUT2D eigenvalue weighted by Gasteiger charge is 2.41. The Morgan fingerprint density at radius 3 is 2.76 bits per heavy atom. The van der Waals surface area contributed by atoms with E-state index < -0.39 is 28.8 Å². The van der Waals surface area contributed by atoms with Crippen LogP contribution in [0.3, 0.4) is 0 Å². The highest BCUT2D eigenvalue weighted by molar-refractivity contribution is 8.00. The smallest absolute Gasteiger partial charge is 0.177 e. The second kappa shape index (κ2) is 10.6. The molecule has 2 aromatic heterocycles. The number of thiophene rings is 1. The van der Waals surface area contributed by atoms with Gasteiger partial charge in [-0.3, -0.25) is 0 Å². The van der Waals surface area contributed by atoms with Crippen LogP contribution in [0.15, 0.2) is 49.1 Å². The van der Waals surface area contributed by atoms with E-state index in [9.17, 15) is 13.9 Å². The number of aliphatic hydroxyl groups is 1. The molecule has 6 nitrogen and oxygen atoms in total. The van der Waals surface area contributed by atoms with Crippen LogP contribution in [0.4, 0.5) is 8.78 Å². The Labute approximate surface area is 203 Å². The van der Waals surface area contributed by atoms with Crippen LogP contribution < -0.4 is 0 Å². The molecule has 2 atom stereocenters. The monoisotopic (exact) mass is 513 g/mol. The number of thioether (sulfide) groups is 1. The molecule has 1 N–H and O–H groups in total. The number of ether oxygens (including phenoxy) is 2. The lowest BCUT2D eigenvalue weighted by Crippen LogP contribution is -2.43. The van der Waals surface area contributed by atoms with Crippen molar-refractivity contribution in [2.45, 2.75) is 35.9 Å². The summed E-state index contributed by atoms with van der Waals surface area (Å²) in [5.74, 6) is -1.53. The van der Waals surface area contributed by atoms with Crippen molar-refractivity contribution in [3.8, 4) is 0 Å². The zero-order valence-corrected chi connectivity index (χ0v) is 20.0. The Hall–Kier alpha value is -1.82. The van der Waals surface area contributed by atoms with E-state index in [1.165, 1.54) is 46.5 Å². The number of nitrogens with zero attached hydrogens (tertiary/aromatic N) is 3. The Kier molecular flexibility index (Phi) is 7.83. The van der Waals surface area contributed by atoms with Crippen molar-refractivity contribution in [1.29, 1.82) is 0 Å². The van der Waals surface area contributed by atoms with Gasteiger partial charge in [-0.05, 0) is 30.4 Å². The molecule has 0 radical (unpaired) electrons. The van der Waals surface area contributed by atoms with Crippen LogP contribution in [-0.2, 0) is 21.6 Å².